The second-order valence-electron chi connectivity index (χ2n) is 9.12. The highest BCUT2D eigenvalue weighted by molar-refractivity contribution is 5.56. The molecule has 3 atom stereocenters. The predicted octanol–water partition coefficient (Wildman–Crippen LogP) is 5.77. The minimum absolute atomic E-state index is 0.100. The van der Waals surface area contributed by atoms with Crippen LogP contribution in [0, 0.1) is 6.92 Å². The van der Waals surface area contributed by atoms with Gasteiger partial charge in [-0.1, -0.05) is 40.0 Å². The van der Waals surface area contributed by atoms with Gasteiger partial charge in [-0.2, -0.15) is 0 Å². The number of rotatable bonds is 13. The lowest BCUT2D eigenvalue weighted by Crippen LogP contribution is -2.34. The molecule has 3 rings (SSSR count). The summed E-state index contributed by atoms with van der Waals surface area (Å²) in [4.78, 5) is 0. The number of phenols is 1. The van der Waals surface area contributed by atoms with Gasteiger partial charge in [0, 0.05) is 5.56 Å². The molecule has 0 fully saturated rings. The molecule has 0 amide bonds. The number of fused-ring (bicyclic) bond motifs is 1. The van der Waals surface area contributed by atoms with Crippen LogP contribution in [-0.4, -0.2) is 41.2 Å². The van der Waals surface area contributed by atoms with E-state index in [1.165, 1.54) is 0 Å². The molecule has 3 N–H and O–H groups in total. The Morgan fingerprint density at radius 1 is 0.800 bits per heavy atom. The van der Waals surface area contributed by atoms with Gasteiger partial charge >= 0.3 is 0 Å². The average molecular weight is 489 g/mol. The zero-order valence-corrected chi connectivity index (χ0v) is 21.4. The Balaban J connectivity index is 2.03. The van der Waals surface area contributed by atoms with Crippen LogP contribution in [0.25, 0.3) is 0 Å². The Morgan fingerprint density at radius 3 is 1.89 bits per heavy atom. The molecule has 0 radical (unpaired) electrons. The largest absolute Gasteiger partial charge is 0.507 e. The van der Waals surface area contributed by atoms with Crippen LogP contribution in [0.2, 0.25) is 0 Å². The Bertz CT molecular complexity index is 928. The van der Waals surface area contributed by atoms with Gasteiger partial charge < -0.3 is 34.3 Å². The maximum Gasteiger partial charge on any atom is 0.203 e. The van der Waals surface area contributed by atoms with Crippen LogP contribution in [0.5, 0.6) is 28.7 Å². The summed E-state index contributed by atoms with van der Waals surface area (Å²) in [5.41, 5.74) is 1.58. The number of ether oxygens (including phenoxy) is 4. The number of hydrogen-bond acceptors (Lipinski definition) is 7. The first-order valence-corrected chi connectivity index (χ1v) is 12.8. The van der Waals surface area contributed by atoms with Crippen molar-refractivity contribution in [1.82, 2.24) is 0 Å². The summed E-state index contributed by atoms with van der Waals surface area (Å²) in [6, 6.07) is 6.88. The van der Waals surface area contributed by atoms with Crippen LogP contribution in [-0.2, 0) is 0 Å². The molecule has 2 aromatic carbocycles. The molecule has 0 spiro atoms. The van der Waals surface area contributed by atoms with Gasteiger partial charge in [0.25, 0.3) is 0 Å². The lowest BCUT2D eigenvalue weighted by atomic mass is 9.90. The highest BCUT2D eigenvalue weighted by Gasteiger charge is 2.40. The van der Waals surface area contributed by atoms with E-state index in [-0.39, 0.29) is 11.3 Å². The first-order chi connectivity index (χ1) is 16.9. The lowest BCUT2D eigenvalue weighted by Gasteiger charge is -2.35. The first-order valence-electron chi connectivity index (χ1n) is 12.8. The van der Waals surface area contributed by atoms with E-state index in [1.807, 2.05) is 6.92 Å². The third kappa shape index (κ3) is 6.53. The van der Waals surface area contributed by atoms with Gasteiger partial charge in [0.1, 0.15) is 23.7 Å². The molecule has 0 aliphatic carbocycles. The number of aliphatic hydroxyl groups excluding tert-OH is 2. The normalized spacial score (nSPS) is 19.1. The highest BCUT2D eigenvalue weighted by Crippen LogP contribution is 2.48. The van der Waals surface area contributed by atoms with E-state index >= 15 is 0 Å². The van der Waals surface area contributed by atoms with Gasteiger partial charge in [-0.05, 0) is 56.0 Å². The van der Waals surface area contributed by atoms with E-state index in [1.54, 1.807) is 24.3 Å². The fraction of sp³-hybridized carbons (Fsp3) is 0.571. The van der Waals surface area contributed by atoms with Crippen molar-refractivity contribution in [2.75, 3.05) is 19.8 Å². The van der Waals surface area contributed by atoms with Gasteiger partial charge in [0.05, 0.1) is 25.4 Å². The van der Waals surface area contributed by atoms with E-state index in [2.05, 4.69) is 20.8 Å². The quantitative estimate of drug-likeness (QED) is 0.308. The Labute approximate surface area is 208 Å². The average Bonchev–Trinajstić information content (AvgIpc) is 2.82. The third-order valence-corrected chi connectivity index (χ3v) is 6.07. The molecule has 0 saturated carbocycles. The van der Waals surface area contributed by atoms with Crippen LogP contribution in [0.1, 0.15) is 88.2 Å². The zero-order chi connectivity index (χ0) is 25.4. The summed E-state index contributed by atoms with van der Waals surface area (Å²) < 4.78 is 24.5. The Hall–Kier alpha value is -2.64. The standard InChI is InChI=1S/C28H40O7/c1-5-8-11-32-22-16-19(17-23(33-12-9-6-2)28(22)34-13-10-7-3)27-26(31)25(30)24-20(29)14-18(4)15-21(24)35-27/h14-17,25-27,29-31H,5-13H2,1-4H3. The molecule has 0 bridgehead atoms. The summed E-state index contributed by atoms with van der Waals surface area (Å²) in [6.45, 7) is 9.71. The molecular weight excluding hydrogens is 448 g/mol. The number of aliphatic hydroxyl groups is 2. The second kappa shape index (κ2) is 12.9. The maximum absolute atomic E-state index is 11.0. The molecule has 1 aliphatic rings. The fourth-order valence-electron chi connectivity index (χ4n) is 4.04. The topological polar surface area (TPSA) is 97.6 Å². The van der Waals surface area contributed by atoms with Gasteiger partial charge in [-0.15, -0.1) is 0 Å². The molecular formula is C28H40O7. The Kier molecular flexibility index (Phi) is 9.93. The molecule has 0 saturated heterocycles. The van der Waals surface area contributed by atoms with Crippen molar-refractivity contribution in [3.8, 4) is 28.7 Å². The van der Waals surface area contributed by atoms with E-state index in [9.17, 15) is 15.3 Å². The predicted molar refractivity (Wildman–Crippen MR) is 135 cm³/mol. The van der Waals surface area contributed by atoms with E-state index in [0.29, 0.717) is 48.4 Å². The number of benzene rings is 2. The Morgan fingerprint density at radius 2 is 1.34 bits per heavy atom. The maximum atomic E-state index is 11.0. The van der Waals surface area contributed by atoms with E-state index in [0.717, 1.165) is 44.1 Å². The summed E-state index contributed by atoms with van der Waals surface area (Å²) in [7, 11) is 0. The third-order valence-electron chi connectivity index (χ3n) is 6.07. The molecule has 1 aliphatic heterocycles. The number of phenolic OH excluding ortho intramolecular Hbond substituents is 1. The molecule has 0 aromatic heterocycles. The van der Waals surface area contributed by atoms with Gasteiger partial charge in [-0.3, -0.25) is 0 Å². The van der Waals surface area contributed by atoms with Crippen molar-refractivity contribution >= 4 is 0 Å². The molecule has 7 nitrogen and oxygen atoms in total. The molecule has 35 heavy (non-hydrogen) atoms. The summed E-state index contributed by atoms with van der Waals surface area (Å²) in [6.07, 6.45) is 2.17. The zero-order valence-electron chi connectivity index (χ0n) is 21.4. The van der Waals surface area contributed by atoms with Crippen LogP contribution in [0.4, 0.5) is 0 Å². The SMILES string of the molecule is CCCCOc1cc(C2Oc3cc(C)cc(O)c3C(O)C2O)cc(OCCCC)c1OCCCC. The number of aryl methyl sites for hydroxylation is 1. The summed E-state index contributed by atoms with van der Waals surface area (Å²) >= 11 is 0. The van der Waals surface area contributed by atoms with Crippen LogP contribution in [0.3, 0.4) is 0 Å². The van der Waals surface area contributed by atoms with Crippen LogP contribution >= 0.6 is 0 Å². The van der Waals surface area contributed by atoms with Crippen molar-refractivity contribution in [3.05, 3.63) is 41.0 Å². The van der Waals surface area contributed by atoms with Crippen molar-refractivity contribution in [3.63, 3.8) is 0 Å². The smallest absolute Gasteiger partial charge is 0.203 e. The summed E-state index contributed by atoms with van der Waals surface area (Å²) in [5.74, 6) is 1.85. The molecule has 194 valence electrons. The molecule has 1 heterocycles. The van der Waals surface area contributed by atoms with Crippen LogP contribution < -0.4 is 18.9 Å². The number of aromatic hydroxyl groups is 1. The minimum Gasteiger partial charge on any atom is -0.507 e. The monoisotopic (exact) mass is 488 g/mol. The fourth-order valence-corrected chi connectivity index (χ4v) is 4.04. The molecule has 2 aromatic rings. The first kappa shape index (κ1) is 27.0. The van der Waals surface area contributed by atoms with Gasteiger partial charge in [-0.25, -0.2) is 0 Å². The van der Waals surface area contributed by atoms with Crippen LogP contribution in [0.15, 0.2) is 24.3 Å². The van der Waals surface area contributed by atoms with Gasteiger partial charge in [0.15, 0.2) is 17.6 Å². The number of unbranched alkanes of at least 4 members (excludes halogenated alkanes) is 3. The minimum atomic E-state index is -1.31. The van der Waals surface area contributed by atoms with Crippen molar-refractivity contribution in [2.24, 2.45) is 0 Å². The van der Waals surface area contributed by atoms with E-state index < -0.39 is 18.3 Å². The second-order valence-corrected chi connectivity index (χ2v) is 9.12. The highest BCUT2D eigenvalue weighted by atomic mass is 16.5. The van der Waals surface area contributed by atoms with Crippen molar-refractivity contribution in [1.29, 1.82) is 0 Å². The summed E-state index contributed by atoms with van der Waals surface area (Å²) in [5, 5.41) is 32.2. The lowest BCUT2D eigenvalue weighted by molar-refractivity contribution is -0.0711. The van der Waals surface area contributed by atoms with E-state index in [4.69, 9.17) is 18.9 Å². The number of hydrogen-bond donors (Lipinski definition) is 3. The molecule has 3 unspecified atom stereocenters. The molecule has 7 heteroatoms. The van der Waals surface area contributed by atoms with Crippen molar-refractivity contribution < 1.29 is 34.3 Å². The van der Waals surface area contributed by atoms with Crippen molar-refractivity contribution in [2.45, 2.75) is 84.5 Å². The van der Waals surface area contributed by atoms with Gasteiger partial charge in [0.2, 0.25) is 5.75 Å².